The van der Waals surface area contributed by atoms with Gasteiger partial charge < -0.3 is 4.42 Å². The van der Waals surface area contributed by atoms with Gasteiger partial charge in [-0.25, -0.2) is 21.6 Å². The van der Waals surface area contributed by atoms with Gasteiger partial charge in [-0.3, -0.25) is 4.31 Å². The van der Waals surface area contributed by atoms with Crippen molar-refractivity contribution >= 4 is 25.7 Å². The second-order valence-corrected chi connectivity index (χ2v) is 9.70. The van der Waals surface area contributed by atoms with Crippen LogP contribution in [0.3, 0.4) is 0 Å². The van der Waals surface area contributed by atoms with E-state index in [1.54, 1.807) is 25.1 Å². The lowest BCUT2D eigenvalue weighted by atomic mass is 10.2. The zero-order valence-corrected chi connectivity index (χ0v) is 15.4. The van der Waals surface area contributed by atoms with Crippen molar-refractivity contribution in [3.05, 3.63) is 47.9 Å². The van der Waals surface area contributed by atoms with Crippen molar-refractivity contribution in [3.63, 3.8) is 0 Å². The minimum absolute atomic E-state index is 0.0526. The van der Waals surface area contributed by atoms with Crippen molar-refractivity contribution in [3.8, 4) is 0 Å². The third kappa shape index (κ3) is 3.88. The molecule has 9 heteroatoms. The molecule has 0 unspecified atom stereocenters. The minimum Gasteiger partial charge on any atom is -0.468 e. The summed E-state index contributed by atoms with van der Waals surface area (Å²) in [6.07, 6.45) is 2.92. The molecule has 0 atom stereocenters. The largest absolute Gasteiger partial charge is 0.468 e. The molecule has 0 radical (unpaired) electrons. The third-order valence-corrected chi connectivity index (χ3v) is 7.53. The molecule has 3 rings (SSSR count). The highest BCUT2D eigenvalue weighted by Gasteiger charge is 2.27. The van der Waals surface area contributed by atoms with Crippen molar-refractivity contribution < 1.29 is 21.3 Å². The van der Waals surface area contributed by atoms with E-state index in [2.05, 4.69) is 4.72 Å². The molecule has 1 aromatic heterocycles. The van der Waals surface area contributed by atoms with Gasteiger partial charge in [-0.2, -0.15) is 0 Å². The van der Waals surface area contributed by atoms with Gasteiger partial charge in [-0.05, 0) is 55.7 Å². The molecule has 7 nitrogen and oxygen atoms in total. The van der Waals surface area contributed by atoms with Crippen LogP contribution in [-0.4, -0.2) is 29.1 Å². The highest BCUT2D eigenvalue weighted by atomic mass is 32.2. The fourth-order valence-electron chi connectivity index (χ4n) is 2.83. The van der Waals surface area contributed by atoms with E-state index >= 15 is 0 Å². The van der Waals surface area contributed by atoms with E-state index in [0.29, 0.717) is 30.0 Å². The third-order valence-electron chi connectivity index (χ3n) is 4.10. The van der Waals surface area contributed by atoms with Crippen LogP contribution in [0.1, 0.15) is 24.2 Å². The van der Waals surface area contributed by atoms with Gasteiger partial charge in [0.1, 0.15) is 5.76 Å². The number of hydrogen-bond donors (Lipinski definition) is 1. The smallest absolute Gasteiger partial charge is 0.241 e. The Hall–Kier alpha value is -1.84. The Balaban J connectivity index is 1.84. The molecule has 1 saturated heterocycles. The van der Waals surface area contributed by atoms with Crippen LogP contribution in [0.15, 0.2) is 45.9 Å². The number of hydrogen-bond acceptors (Lipinski definition) is 5. The molecule has 1 N–H and O–H groups in total. The van der Waals surface area contributed by atoms with Crippen molar-refractivity contribution in [1.82, 2.24) is 4.72 Å². The Bertz CT molecular complexity index is 950. The fourth-order valence-corrected chi connectivity index (χ4v) is 5.68. The molecular formula is C16H20N2O5S2. The molecule has 136 valence electrons. The standard InChI is InChI=1S/C16H20N2O5S2/c1-13-11-14(18-8-2-3-10-24(18,19)20)6-7-16(13)25(21,22)17-12-15-5-4-9-23-15/h4-7,9,11,17H,2-3,8,10,12H2,1H3. The van der Waals surface area contributed by atoms with Crippen molar-refractivity contribution in [2.24, 2.45) is 0 Å². The fraction of sp³-hybridized carbons (Fsp3) is 0.375. The molecular weight excluding hydrogens is 364 g/mol. The molecule has 0 spiro atoms. The maximum atomic E-state index is 12.5. The van der Waals surface area contributed by atoms with E-state index in [-0.39, 0.29) is 17.2 Å². The van der Waals surface area contributed by atoms with E-state index < -0.39 is 20.0 Å². The lowest BCUT2D eigenvalue weighted by Gasteiger charge is -2.28. The summed E-state index contributed by atoms with van der Waals surface area (Å²) in [5.74, 6) is 0.633. The Morgan fingerprint density at radius 1 is 1.24 bits per heavy atom. The average molecular weight is 384 g/mol. The second-order valence-electron chi connectivity index (χ2n) is 5.95. The van der Waals surface area contributed by atoms with Gasteiger partial charge in [0.05, 0.1) is 29.1 Å². The van der Waals surface area contributed by atoms with Crippen molar-refractivity contribution in [2.75, 3.05) is 16.6 Å². The Labute approximate surface area is 147 Å². The molecule has 0 saturated carbocycles. The van der Waals surface area contributed by atoms with E-state index in [9.17, 15) is 16.8 Å². The lowest BCUT2D eigenvalue weighted by molar-refractivity contribution is 0.498. The molecule has 1 fully saturated rings. The summed E-state index contributed by atoms with van der Waals surface area (Å²) >= 11 is 0. The number of sulfonamides is 2. The van der Waals surface area contributed by atoms with Crippen LogP contribution in [-0.2, 0) is 26.6 Å². The number of benzene rings is 1. The number of anilines is 1. The summed E-state index contributed by atoms with van der Waals surface area (Å²) in [5, 5.41) is 0. The van der Waals surface area contributed by atoms with E-state index in [1.165, 1.54) is 22.7 Å². The van der Waals surface area contributed by atoms with Crippen LogP contribution >= 0.6 is 0 Å². The molecule has 1 aliphatic rings. The lowest BCUT2D eigenvalue weighted by Crippen LogP contribution is -2.37. The topological polar surface area (TPSA) is 96.7 Å². The normalized spacial score (nSPS) is 17.6. The van der Waals surface area contributed by atoms with Crippen molar-refractivity contribution in [1.29, 1.82) is 0 Å². The Morgan fingerprint density at radius 2 is 2.04 bits per heavy atom. The van der Waals surface area contributed by atoms with E-state index in [0.717, 1.165) is 6.42 Å². The van der Waals surface area contributed by atoms with E-state index in [4.69, 9.17) is 4.42 Å². The summed E-state index contributed by atoms with van der Waals surface area (Å²) in [6.45, 7) is 2.13. The first-order valence-electron chi connectivity index (χ1n) is 7.93. The van der Waals surface area contributed by atoms with Crippen LogP contribution in [0, 0.1) is 6.92 Å². The average Bonchev–Trinajstić information content (AvgIpc) is 3.06. The van der Waals surface area contributed by atoms with Gasteiger partial charge in [0.2, 0.25) is 20.0 Å². The molecule has 1 aliphatic heterocycles. The molecule has 2 heterocycles. The number of nitrogens with zero attached hydrogens (tertiary/aromatic N) is 1. The number of aryl methyl sites for hydroxylation is 1. The summed E-state index contributed by atoms with van der Waals surface area (Å²) in [5.41, 5.74) is 0.993. The molecule has 0 bridgehead atoms. The van der Waals surface area contributed by atoms with E-state index in [1.807, 2.05) is 0 Å². The van der Waals surface area contributed by atoms with Crippen LogP contribution in [0.25, 0.3) is 0 Å². The van der Waals surface area contributed by atoms with Crippen LogP contribution in [0.2, 0.25) is 0 Å². The Morgan fingerprint density at radius 3 is 2.68 bits per heavy atom. The van der Waals surface area contributed by atoms with Crippen molar-refractivity contribution in [2.45, 2.75) is 31.2 Å². The first-order chi connectivity index (χ1) is 11.8. The first-order valence-corrected chi connectivity index (χ1v) is 11.0. The maximum Gasteiger partial charge on any atom is 0.241 e. The molecule has 25 heavy (non-hydrogen) atoms. The van der Waals surface area contributed by atoms with Gasteiger partial charge in [0.25, 0.3) is 0 Å². The van der Waals surface area contributed by atoms with Gasteiger partial charge in [0.15, 0.2) is 0 Å². The van der Waals surface area contributed by atoms with Crippen LogP contribution in [0.4, 0.5) is 5.69 Å². The maximum absolute atomic E-state index is 12.5. The number of rotatable bonds is 5. The van der Waals surface area contributed by atoms with Gasteiger partial charge in [-0.1, -0.05) is 0 Å². The van der Waals surface area contributed by atoms with Gasteiger partial charge in [0, 0.05) is 6.54 Å². The predicted octanol–water partition coefficient (Wildman–Crippen LogP) is 2.00. The zero-order valence-electron chi connectivity index (χ0n) is 13.8. The second kappa shape index (κ2) is 6.81. The number of nitrogens with one attached hydrogen (secondary N) is 1. The summed E-state index contributed by atoms with van der Waals surface area (Å²) in [6, 6.07) is 7.95. The summed E-state index contributed by atoms with van der Waals surface area (Å²) in [7, 11) is -7.05. The molecule has 2 aromatic rings. The SMILES string of the molecule is Cc1cc(N2CCCCS2(=O)=O)ccc1S(=O)(=O)NCc1ccco1. The monoisotopic (exact) mass is 384 g/mol. The highest BCUT2D eigenvalue weighted by molar-refractivity contribution is 7.92. The van der Waals surface area contributed by atoms with Crippen LogP contribution in [0.5, 0.6) is 0 Å². The summed E-state index contributed by atoms with van der Waals surface area (Å²) in [4.78, 5) is 0.122. The van der Waals surface area contributed by atoms with Crippen LogP contribution < -0.4 is 9.03 Å². The quantitative estimate of drug-likeness (QED) is 0.850. The minimum atomic E-state index is -3.72. The zero-order chi connectivity index (χ0) is 18.1. The number of furan rings is 1. The van der Waals surface area contributed by atoms with Gasteiger partial charge >= 0.3 is 0 Å². The highest BCUT2D eigenvalue weighted by Crippen LogP contribution is 2.27. The first kappa shape index (κ1) is 18.0. The molecule has 1 aromatic carbocycles. The molecule has 0 aliphatic carbocycles. The van der Waals surface area contributed by atoms with Gasteiger partial charge in [-0.15, -0.1) is 0 Å². The Kier molecular flexibility index (Phi) is 4.90. The molecule has 0 amide bonds. The predicted molar refractivity (Wildman–Crippen MR) is 94.3 cm³/mol. The summed E-state index contributed by atoms with van der Waals surface area (Å²) < 4.78 is 58.3.